The van der Waals surface area contributed by atoms with Crippen molar-refractivity contribution < 1.29 is 24.1 Å². The van der Waals surface area contributed by atoms with Gasteiger partial charge in [-0.25, -0.2) is 9.79 Å². The van der Waals surface area contributed by atoms with Gasteiger partial charge >= 0.3 is 5.97 Å². The van der Waals surface area contributed by atoms with Gasteiger partial charge in [0.1, 0.15) is 27.9 Å². The summed E-state index contributed by atoms with van der Waals surface area (Å²) in [5.74, 6) is 0.584. The summed E-state index contributed by atoms with van der Waals surface area (Å²) in [6.07, 6.45) is 1.76. The summed E-state index contributed by atoms with van der Waals surface area (Å²) in [6, 6.07) is 14.5. The fourth-order valence-corrected chi connectivity index (χ4v) is 3.72. The number of carbonyl (C=O) groups is 1. The molecular weight excluding hydrogens is 390 g/mol. The van der Waals surface area contributed by atoms with Gasteiger partial charge < -0.3 is 19.3 Å². The topological polar surface area (TPSA) is 77.4 Å². The second kappa shape index (κ2) is 9.34. The van der Waals surface area contributed by atoms with Crippen LogP contribution in [0, 0.1) is 0 Å². The van der Waals surface area contributed by atoms with E-state index >= 15 is 0 Å². The average Bonchev–Trinajstić information content (AvgIpc) is 3.04. The first-order chi connectivity index (χ1) is 14.1. The Labute approximate surface area is 173 Å². The number of aliphatic imine (C=N–C) groups is 1. The quantitative estimate of drug-likeness (QED) is 0.682. The number of benzene rings is 2. The molecule has 1 N–H and O–H groups in total. The number of hydrogen-bond acceptors (Lipinski definition) is 7. The molecule has 0 saturated carbocycles. The highest BCUT2D eigenvalue weighted by Crippen LogP contribution is 2.41. The molecule has 1 heterocycles. The number of hydrogen-bond donors (Lipinski definition) is 1. The highest BCUT2D eigenvalue weighted by Gasteiger charge is 2.33. The zero-order chi connectivity index (χ0) is 20.8. The maximum absolute atomic E-state index is 12.5. The van der Waals surface area contributed by atoms with Crippen molar-refractivity contribution in [1.29, 1.82) is 0 Å². The second-order valence-corrected chi connectivity index (χ2v) is 6.94. The van der Waals surface area contributed by atoms with E-state index in [2.05, 4.69) is 4.99 Å². The zero-order valence-electron chi connectivity index (χ0n) is 16.3. The lowest BCUT2D eigenvalue weighted by Crippen LogP contribution is -2.12. The van der Waals surface area contributed by atoms with Crippen LogP contribution in [0.2, 0.25) is 0 Å². The van der Waals surface area contributed by atoms with E-state index in [9.17, 15) is 9.90 Å². The smallest absolute Gasteiger partial charge is 0.344 e. The molecule has 3 rings (SSSR count). The molecule has 1 aliphatic rings. The predicted molar refractivity (Wildman–Crippen MR) is 115 cm³/mol. The largest absolute Gasteiger partial charge is 0.506 e. The van der Waals surface area contributed by atoms with Crippen LogP contribution >= 0.6 is 11.8 Å². The number of carbonyl (C=O) groups excluding carboxylic acids is 1. The Bertz CT molecular complexity index is 993. The molecule has 0 aliphatic carbocycles. The molecule has 0 bridgehead atoms. The molecular formula is C22H21NO5S. The van der Waals surface area contributed by atoms with E-state index in [1.165, 1.54) is 11.8 Å². The molecule has 0 aromatic heterocycles. The first kappa shape index (κ1) is 20.5. The molecule has 0 spiro atoms. The normalized spacial score (nSPS) is 16.4. The molecule has 0 fully saturated rings. The fourth-order valence-electron chi connectivity index (χ4n) is 2.69. The Kier molecular flexibility index (Phi) is 6.61. The Morgan fingerprint density at radius 2 is 1.83 bits per heavy atom. The van der Waals surface area contributed by atoms with Crippen molar-refractivity contribution in [2.24, 2.45) is 4.99 Å². The molecule has 7 heteroatoms. The van der Waals surface area contributed by atoms with Crippen LogP contribution in [-0.2, 0) is 9.53 Å². The Morgan fingerprint density at radius 3 is 2.48 bits per heavy atom. The summed E-state index contributed by atoms with van der Waals surface area (Å²) in [5.41, 5.74) is 1.45. The summed E-state index contributed by atoms with van der Waals surface area (Å²) >= 11 is 1.20. The summed E-state index contributed by atoms with van der Waals surface area (Å²) in [7, 11) is 3.16. The number of rotatable bonds is 6. The third-order valence-electron chi connectivity index (χ3n) is 4.10. The highest BCUT2D eigenvalue weighted by atomic mass is 32.2. The van der Waals surface area contributed by atoms with Gasteiger partial charge in [0.15, 0.2) is 0 Å². The number of methoxy groups -OCH3 is 2. The fraction of sp³-hybridized carbons (Fsp3) is 0.182. The van der Waals surface area contributed by atoms with Crippen LogP contribution in [0.25, 0.3) is 6.08 Å². The van der Waals surface area contributed by atoms with E-state index in [0.29, 0.717) is 27.1 Å². The van der Waals surface area contributed by atoms with E-state index in [0.717, 1.165) is 5.56 Å². The number of nitrogens with zero attached hydrogens (tertiary/aromatic N) is 1. The maximum atomic E-state index is 12.5. The Morgan fingerprint density at radius 1 is 1.10 bits per heavy atom. The molecule has 0 radical (unpaired) electrons. The SMILES string of the molecule is CCOC(=O)C1=C(O)C(=Cc2ccccc2OC)SC1=Nc1ccc(OC)cc1. The number of esters is 1. The summed E-state index contributed by atoms with van der Waals surface area (Å²) in [4.78, 5) is 17.5. The van der Waals surface area contributed by atoms with Crippen molar-refractivity contribution in [1.82, 2.24) is 0 Å². The third kappa shape index (κ3) is 4.63. The molecule has 1 aliphatic heterocycles. The van der Waals surface area contributed by atoms with E-state index in [1.54, 1.807) is 51.5 Å². The van der Waals surface area contributed by atoms with Crippen LogP contribution < -0.4 is 9.47 Å². The van der Waals surface area contributed by atoms with Crippen LogP contribution in [0.1, 0.15) is 12.5 Å². The highest BCUT2D eigenvalue weighted by molar-refractivity contribution is 8.18. The van der Waals surface area contributed by atoms with Crippen molar-refractivity contribution in [3.63, 3.8) is 0 Å². The number of thioether (sulfide) groups is 1. The minimum atomic E-state index is -0.617. The van der Waals surface area contributed by atoms with Crippen LogP contribution in [-0.4, -0.2) is 36.9 Å². The number of aliphatic hydroxyl groups is 1. The van der Waals surface area contributed by atoms with Crippen molar-refractivity contribution in [3.8, 4) is 11.5 Å². The van der Waals surface area contributed by atoms with Crippen molar-refractivity contribution >= 4 is 34.5 Å². The molecule has 150 valence electrons. The lowest BCUT2D eigenvalue weighted by Gasteiger charge is -2.05. The van der Waals surface area contributed by atoms with Crippen LogP contribution in [0.15, 0.2) is 69.8 Å². The van der Waals surface area contributed by atoms with Gasteiger partial charge in [0, 0.05) is 5.56 Å². The number of para-hydroxylation sites is 1. The van der Waals surface area contributed by atoms with E-state index in [1.807, 2.05) is 24.3 Å². The predicted octanol–water partition coefficient (Wildman–Crippen LogP) is 4.90. The third-order valence-corrected chi connectivity index (χ3v) is 5.12. The monoisotopic (exact) mass is 411 g/mol. The van der Waals surface area contributed by atoms with Gasteiger partial charge in [0.25, 0.3) is 0 Å². The van der Waals surface area contributed by atoms with Gasteiger partial charge in [-0.1, -0.05) is 30.0 Å². The molecule has 2 aromatic carbocycles. The van der Waals surface area contributed by atoms with Crippen LogP contribution in [0.4, 0.5) is 5.69 Å². The molecule has 0 unspecified atom stereocenters. The van der Waals surface area contributed by atoms with Crippen molar-refractivity contribution in [2.75, 3.05) is 20.8 Å². The Hall–Kier alpha value is -3.19. The Balaban J connectivity index is 2.04. The summed E-state index contributed by atoms with van der Waals surface area (Å²) in [6.45, 7) is 1.91. The van der Waals surface area contributed by atoms with Gasteiger partial charge in [-0.05, 0) is 43.3 Å². The van der Waals surface area contributed by atoms with Crippen LogP contribution in [0.5, 0.6) is 11.5 Å². The molecule has 0 amide bonds. The van der Waals surface area contributed by atoms with Gasteiger partial charge in [0.05, 0.1) is 31.4 Å². The molecule has 6 nitrogen and oxygen atoms in total. The molecule has 0 saturated heterocycles. The maximum Gasteiger partial charge on any atom is 0.344 e. The lowest BCUT2D eigenvalue weighted by atomic mass is 10.1. The molecule has 29 heavy (non-hydrogen) atoms. The lowest BCUT2D eigenvalue weighted by molar-refractivity contribution is -0.138. The van der Waals surface area contributed by atoms with Gasteiger partial charge in [0.2, 0.25) is 0 Å². The first-order valence-corrected chi connectivity index (χ1v) is 9.75. The standard InChI is InChI=1S/C22H21NO5S/c1-4-28-22(25)19-20(24)18(13-14-7-5-6-8-17(14)27-3)29-21(19)23-15-9-11-16(26-2)12-10-15/h5-13,24H,4H2,1-3H3. The van der Waals surface area contributed by atoms with Crippen molar-refractivity contribution in [2.45, 2.75) is 6.92 Å². The van der Waals surface area contributed by atoms with E-state index in [-0.39, 0.29) is 17.9 Å². The number of ether oxygens (including phenoxy) is 3. The average molecular weight is 411 g/mol. The summed E-state index contributed by atoms with van der Waals surface area (Å²) in [5, 5.41) is 11.1. The minimum absolute atomic E-state index is 0.0498. The number of aliphatic hydroxyl groups excluding tert-OH is 1. The first-order valence-electron chi connectivity index (χ1n) is 8.93. The van der Waals surface area contributed by atoms with Gasteiger partial charge in [-0.2, -0.15) is 0 Å². The zero-order valence-corrected chi connectivity index (χ0v) is 17.2. The molecule has 0 atom stereocenters. The van der Waals surface area contributed by atoms with Crippen LogP contribution in [0.3, 0.4) is 0 Å². The van der Waals surface area contributed by atoms with E-state index in [4.69, 9.17) is 14.2 Å². The second-order valence-electron chi connectivity index (χ2n) is 5.91. The van der Waals surface area contributed by atoms with Crippen molar-refractivity contribution in [3.05, 3.63) is 70.3 Å². The van der Waals surface area contributed by atoms with Gasteiger partial charge in [-0.15, -0.1) is 0 Å². The summed E-state index contributed by atoms with van der Waals surface area (Å²) < 4.78 is 15.6. The van der Waals surface area contributed by atoms with Gasteiger partial charge in [-0.3, -0.25) is 0 Å². The minimum Gasteiger partial charge on any atom is -0.506 e. The van der Waals surface area contributed by atoms with E-state index < -0.39 is 5.97 Å². The molecule has 2 aromatic rings.